The van der Waals surface area contributed by atoms with Gasteiger partial charge in [-0.1, -0.05) is 0 Å². The zero-order valence-electron chi connectivity index (χ0n) is 18.5. The Morgan fingerprint density at radius 3 is 2.52 bits per heavy atom. The van der Waals surface area contributed by atoms with Crippen molar-refractivity contribution in [3.05, 3.63) is 18.2 Å². The minimum absolute atomic E-state index is 0.00639. The summed E-state index contributed by atoms with van der Waals surface area (Å²) in [7, 11) is -3.80. The summed E-state index contributed by atoms with van der Waals surface area (Å²) < 4.78 is 50.2. The Morgan fingerprint density at radius 2 is 1.82 bits per heavy atom. The fraction of sp³-hybridized carbons (Fsp3) is 0.619. The van der Waals surface area contributed by atoms with Gasteiger partial charge in [0.15, 0.2) is 11.5 Å². The van der Waals surface area contributed by atoms with Crippen molar-refractivity contribution in [2.24, 2.45) is 0 Å². The zero-order chi connectivity index (χ0) is 23.4. The van der Waals surface area contributed by atoms with Gasteiger partial charge < -0.3 is 28.7 Å². The highest BCUT2D eigenvalue weighted by Crippen LogP contribution is 2.34. The summed E-state index contributed by atoms with van der Waals surface area (Å²) >= 11 is 0. The molecule has 2 saturated heterocycles. The first kappa shape index (κ1) is 23.6. The molecule has 1 atom stereocenters. The van der Waals surface area contributed by atoms with Crippen LogP contribution in [-0.4, -0.2) is 95.0 Å². The fourth-order valence-corrected chi connectivity index (χ4v) is 5.33. The molecule has 182 valence electrons. The van der Waals surface area contributed by atoms with E-state index in [0.29, 0.717) is 64.6 Å². The molecule has 0 radical (unpaired) electrons. The molecule has 0 aromatic heterocycles. The molecule has 2 fully saturated rings. The fourth-order valence-electron chi connectivity index (χ4n) is 4.01. The van der Waals surface area contributed by atoms with Crippen molar-refractivity contribution in [3.63, 3.8) is 0 Å². The number of piperidine rings is 1. The van der Waals surface area contributed by atoms with Crippen LogP contribution < -0.4 is 14.2 Å². The Bertz CT molecular complexity index is 972. The Balaban J connectivity index is 1.36. The lowest BCUT2D eigenvalue weighted by molar-refractivity contribution is -0.145. The van der Waals surface area contributed by atoms with Crippen molar-refractivity contribution in [2.75, 3.05) is 52.6 Å². The maximum absolute atomic E-state index is 12.9. The summed E-state index contributed by atoms with van der Waals surface area (Å²) in [4.78, 5) is 27.8. The number of ether oxygens (including phenoxy) is 4. The third-order valence-corrected chi connectivity index (χ3v) is 7.34. The maximum Gasteiger partial charge on any atom is 0.409 e. The van der Waals surface area contributed by atoms with Crippen molar-refractivity contribution < 1.29 is 37.0 Å². The number of hydrogen-bond acceptors (Lipinski definition) is 8. The van der Waals surface area contributed by atoms with Gasteiger partial charge in [0.2, 0.25) is 16.1 Å². The van der Waals surface area contributed by atoms with Crippen LogP contribution in [0.25, 0.3) is 0 Å². The van der Waals surface area contributed by atoms with Crippen molar-refractivity contribution in [3.8, 4) is 11.5 Å². The van der Waals surface area contributed by atoms with E-state index in [9.17, 15) is 18.0 Å². The Morgan fingerprint density at radius 1 is 1.09 bits per heavy atom. The SMILES string of the molecule is CCOC(=O)N1CCC(NS(=O)(=O)c2ccc3c(c2)OCC(C(=O)N2CCOCC2)O3)CC1. The van der Waals surface area contributed by atoms with Crippen LogP contribution in [0.1, 0.15) is 19.8 Å². The van der Waals surface area contributed by atoms with Gasteiger partial charge >= 0.3 is 6.09 Å². The van der Waals surface area contributed by atoms with Crippen molar-refractivity contribution in [1.82, 2.24) is 14.5 Å². The largest absolute Gasteiger partial charge is 0.485 e. The minimum atomic E-state index is -3.80. The predicted molar refractivity (Wildman–Crippen MR) is 116 cm³/mol. The molecule has 1 aromatic carbocycles. The molecule has 12 heteroatoms. The van der Waals surface area contributed by atoms with Gasteiger partial charge in [0.25, 0.3) is 5.91 Å². The van der Waals surface area contributed by atoms with Crippen LogP contribution in [0.3, 0.4) is 0 Å². The molecule has 4 rings (SSSR count). The average Bonchev–Trinajstić information content (AvgIpc) is 2.84. The topological polar surface area (TPSA) is 124 Å². The molecule has 33 heavy (non-hydrogen) atoms. The standard InChI is InChI=1S/C21H29N3O8S/c1-2-30-21(26)24-7-5-15(6-8-24)22-33(27,28)16-3-4-17-18(13-16)31-14-19(32-17)20(25)23-9-11-29-12-10-23/h3-4,13,15,19,22H,2,5-12,14H2,1H3. The van der Waals surface area contributed by atoms with Gasteiger partial charge in [0.05, 0.1) is 24.7 Å². The lowest BCUT2D eigenvalue weighted by atomic mass is 10.1. The lowest BCUT2D eigenvalue weighted by Gasteiger charge is -2.33. The molecule has 0 saturated carbocycles. The third-order valence-electron chi connectivity index (χ3n) is 5.83. The first-order chi connectivity index (χ1) is 15.9. The molecule has 3 aliphatic rings. The smallest absolute Gasteiger partial charge is 0.409 e. The zero-order valence-corrected chi connectivity index (χ0v) is 19.3. The molecule has 2 amide bonds. The average molecular weight is 484 g/mol. The van der Waals surface area contributed by atoms with Gasteiger partial charge in [-0.15, -0.1) is 0 Å². The van der Waals surface area contributed by atoms with E-state index in [0.717, 1.165) is 0 Å². The molecule has 3 aliphatic heterocycles. The highest BCUT2D eigenvalue weighted by Gasteiger charge is 2.33. The minimum Gasteiger partial charge on any atom is -0.485 e. The summed E-state index contributed by atoms with van der Waals surface area (Å²) in [6, 6.07) is 4.05. The van der Waals surface area contributed by atoms with E-state index in [2.05, 4.69) is 4.72 Å². The summed E-state index contributed by atoms with van der Waals surface area (Å²) in [5, 5.41) is 0. The molecule has 11 nitrogen and oxygen atoms in total. The number of rotatable bonds is 5. The highest BCUT2D eigenvalue weighted by molar-refractivity contribution is 7.89. The summed E-state index contributed by atoms with van der Waals surface area (Å²) in [5.41, 5.74) is 0. The van der Waals surface area contributed by atoms with E-state index in [4.69, 9.17) is 18.9 Å². The number of nitrogens with zero attached hydrogens (tertiary/aromatic N) is 2. The second-order valence-corrected chi connectivity index (χ2v) is 9.76. The number of amides is 2. The number of morpholine rings is 1. The number of nitrogens with one attached hydrogen (secondary N) is 1. The molecule has 3 heterocycles. The van der Waals surface area contributed by atoms with E-state index in [-0.39, 0.29) is 35.3 Å². The van der Waals surface area contributed by atoms with Gasteiger partial charge in [0.1, 0.15) is 6.61 Å². The Labute approximate surface area is 192 Å². The van der Waals surface area contributed by atoms with Crippen LogP contribution in [0.4, 0.5) is 4.79 Å². The molecule has 1 unspecified atom stereocenters. The molecular weight excluding hydrogens is 454 g/mol. The summed E-state index contributed by atoms with van der Waals surface area (Å²) in [6.45, 7) is 4.90. The molecular formula is C21H29N3O8S. The van der Waals surface area contributed by atoms with E-state index >= 15 is 0 Å². The number of carbonyl (C=O) groups excluding carboxylic acids is 2. The van der Waals surface area contributed by atoms with E-state index < -0.39 is 16.1 Å². The molecule has 0 aliphatic carbocycles. The van der Waals surface area contributed by atoms with Crippen molar-refractivity contribution in [2.45, 2.75) is 36.8 Å². The summed E-state index contributed by atoms with van der Waals surface area (Å²) in [6.07, 6.45) is -0.168. The number of fused-ring (bicyclic) bond motifs is 1. The molecule has 1 N–H and O–H groups in total. The van der Waals surface area contributed by atoms with Crippen LogP contribution in [-0.2, 0) is 24.3 Å². The third kappa shape index (κ3) is 5.50. The Kier molecular flexibility index (Phi) is 7.25. The Hall–Kier alpha value is -2.57. The van der Waals surface area contributed by atoms with Crippen LogP contribution >= 0.6 is 0 Å². The summed E-state index contributed by atoms with van der Waals surface area (Å²) in [5.74, 6) is 0.437. The van der Waals surface area contributed by atoms with Crippen molar-refractivity contribution in [1.29, 1.82) is 0 Å². The van der Waals surface area contributed by atoms with Crippen LogP contribution in [0.5, 0.6) is 11.5 Å². The van der Waals surface area contributed by atoms with Gasteiger partial charge in [-0.2, -0.15) is 0 Å². The first-order valence-electron chi connectivity index (χ1n) is 11.1. The number of hydrogen-bond donors (Lipinski definition) is 1. The lowest BCUT2D eigenvalue weighted by Crippen LogP contribution is -2.50. The highest BCUT2D eigenvalue weighted by atomic mass is 32.2. The number of benzene rings is 1. The molecule has 0 spiro atoms. The van der Waals surface area contributed by atoms with Gasteiger partial charge in [-0.3, -0.25) is 4.79 Å². The normalized spacial score (nSPS) is 21.5. The van der Waals surface area contributed by atoms with Gasteiger partial charge in [-0.05, 0) is 31.9 Å². The second kappa shape index (κ2) is 10.1. The number of sulfonamides is 1. The first-order valence-corrected chi connectivity index (χ1v) is 12.6. The van der Waals surface area contributed by atoms with E-state index in [1.165, 1.54) is 18.2 Å². The van der Waals surface area contributed by atoms with Gasteiger partial charge in [-0.25, -0.2) is 17.9 Å². The maximum atomic E-state index is 12.9. The quantitative estimate of drug-likeness (QED) is 0.645. The van der Waals surface area contributed by atoms with E-state index in [1.807, 2.05) is 0 Å². The molecule has 1 aromatic rings. The molecule has 0 bridgehead atoms. The van der Waals surface area contributed by atoms with Crippen LogP contribution in [0.2, 0.25) is 0 Å². The van der Waals surface area contributed by atoms with Gasteiger partial charge in [0, 0.05) is 38.3 Å². The number of carbonyl (C=O) groups is 2. The second-order valence-electron chi connectivity index (χ2n) is 8.05. The van der Waals surface area contributed by atoms with Crippen molar-refractivity contribution >= 4 is 22.0 Å². The van der Waals surface area contributed by atoms with Crippen LogP contribution in [0.15, 0.2) is 23.1 Å². The van der Waals surface area contributed by atoms with Crippen LogP contribution in [0, 0.1) is 0 Å². The van der Waals surface area contributed by atoms with E-state index in [1.54, 1.807) is 16.7 Å². The number of likely N-dealkylation sites (tertiary alicyclic amines) is 1. The predicted octanol–water partition coefficient (Wildman–Crippen LogP) is 0.584. The monoisotopic (exact) mass is 483 g/mol.